The lowest BCUT2D eigenvalue weighted by Gasteiger charge is -2.22. The van der Waals surface area contributed by atoms with Crippen molar-refractivity contribution in [2.45, 2.75) is 24.9 Å². The molecular weight excluding hydrogens is 318 g/mol. The quantitative estimate of drug-likeness (QED) is 0.908. The highest BCUT2D eigenvalue weighted by Crippen LogP contribution is 2.33. The summed E-state index contributed by atoms with van der Waals surface area (Å²) in [7, 11) is 0. The number of thiazole rings is 1. The lowest BCUT2D eigenvalue weighted by molar-refractivity contribution is 0.0924. The summed E-state index contributed by atoms with van der Waals surface area (Å²) in [6.07, 6.45) is 3.93. The maximum Gasteiger partial charge on any atom is 0.280 e. The maximum atomic E-state index is 12.4. The summed E-state index contributed by atoms with van der Waals surface area (Å²) in [5.74, 6) is 0.498. The number of carbonyl (C=O) groups excluding carboxylic acids is 1. The molecule has 2 aliphatic rings. The Kier molecular flexibility index (Phi) is 3.64. The van der Waals surface area contributed by atoms with Gasteiger partial charge in [-0.15, -0.1) is 11.3 Å². The summed E-state index contributed by atoms with van der Waals surface area (Å²) in [5.41, 5.74) is 0.921. The van der Waals surface area contributed by atoms with Crippen LogP contribution in [0.4, 0.5) is 0 Å². The summed E-state index contributed by atoms with van der Waals surface area (Å²) < 4.78 is 0. The van der Waals surface area contributed by atoms with Crippen LogP contribution in [0.1, 0.15) is 22.6 Å². The number of piperidine rings is 1. The fourth-order valence-electron chi connectivity index (χ4n) is 3.41. The molecule has 0 radical (unpaired) electrons. The van der Waals surface area contributed by atoms with Gasteiger partial charge in [0.15, 0.2) is 5.01 Å². The number of halogens is 1. The number of hydrogen-bond donors (Lipinski definition) is 2. The van der Waals surface area contributed by atoms with Gasteiger partial charge in [-0.3, -0.25) is 4.79 Å². The summed E-state index contributed by atoms with van der Waals surface area (Å²) in [6, 6.07) is 8.47. The molecule has 1 amide bonds. The molecule has 2 N–H and O–H groups in total. The van der Waals surface area contributed by atoms with E-state index in [0.29, 0.717) is 22.0 Å². The third kappa shape index (κ3) is 2.53. The fraction of sp³-hybridized carbons (Fsp3) is 0.375. The fourth-order valence-corrected chi connectivity index (χ4v) is 4.56. The third-order valence-corrected chi connectivity index (χ3v) is 5.88. The minimum absolute atomic E-state index is 0.0687. The second kappa shape index (κ2) is 5.65. The normalized spacial score (nSPS) is 26.3. The van der Waals surface area contributed by atoms with E-state index in [1.165, 1.54) is 17.8 Å². The molecule has 2 aromatic rings. The Bertz CT molecular complexity index is 717. The van der Waals surface area contributed by atoms with E-state index in [-0.39, 0.29) is 11.9 Å². The van der Waals surface area contributed by atoms with E-state index in [2.05, 4.69) is 15.6 Å². The Morgan fingerprint density at radius 2 is 2.23 bits per heavy atom. The summed E-state index contributed by atoms with van der Waals surface area (Å²) in [5, 5.41) is 7.78. The van der Waals surface area contributed by atoms with Crippen molar-refractivity contribution < 1.29 is 4.79 Å². The monoisotopic (exact) mass is 333 g/mol. The number of fused-ring (bicyclic) bond motifs is 2. The molecule has 3 atom stereocenters. The van der Waals surface area contributed by atoms with Crippen molar-refractivity contribution in [1.82, 2.24) is 15.6 Å². The highest BCUT2D eigenvalue weighted by Gasteiger charge is 2.40. The molecule has 2 fully saturated rings. The lowest BCUT2D eigenvalue weighted by Crippen LogP contribution is -2.44. The number of rotatable bonds is 3. The van der Waals surface area contributed by atoms with Gasteiger partial charge in [-0.05, 0) is 24.8 Å². The van der Waals surface area contributed by atoms with Gasteiger partial charge in [0.1, 0.15) is 0 Å². The predicted octanol–water partition coefficient (Wildman–Crippen LogP) is 2.94. The SMILES string of the molecule is O=C(NC1CC2CC1CN2)c1ncc(-c2ccccc2Cl)s1. The van der Waals surface area contributed by atoms with Crippen LogP contribution in [0.25, 0.3) is 10.4 Å². The first kappa shape index (κ1) is 14.2. The first-order valence-corrected chi connectivity index (χ1v) is 8.65. The Balaban J connectivity index is 1.49. The molecule has 1 aromatic heterocycles. The summed E-state index contributed by atoms with van der Waals surface area (Å²) >= 11 is 7.59. The first-order chi connectivity index (χ1) is 10.7. The number of nitrogens with zero attached hydrogens (tertiary/aromatic N) is 1. The van der Waals surface area contributed by atoms with Crippen molar-refractivity contribution in [3.8, 4) is 10.4 Å². The van der Waals surface area contributed by atoms with E-state index < -0.39 is 0 Å². The van der Waals surface area contributed by atoms with E-state index in [1.807, 2.05) is 24.3 Å². The van der Waals surface area contributed by atoms with E-state index in [9.17, 15) is 4.79 Å². The van der Waals surface area contributed by atoms with Gasteiger partial charge in [-0.25, -0.2) is 4.98 Å². The lowest BCUT2D eigenvalue weighted by atomic mass is 10.0. The van der Waals surface area contributed by atoms with Crippen molar-refractivity contribution in [1.29, 1.82) is 0 Å². The van der Waals surface area contributed by atoms with Crippen molar-refractivity contribution in [3.63, 3.8) is 0 Å². The molecule has 4 nitrogen and oxygen atoms in total. The van der Waals surface area contributed by atoms with Crippen molar-refractivity contribution in [2.75, 3.05) is 6.54 Å². The Labute approximate surface area is 137 Å². The Morgan fingerprint density at radius 1 is 1.36 bits per heavy atom. The van der Waals surface area contributed by atoms with Crippen LogP contribution in [-0.4, -0.2) is 29.5 Å². The van der Waals surface area contributed by atoms with Crippen LogP contribution < -0.4 is 10.6 Å². The molecule has 1 saturated heterocycles. The number of aromatic nitrogens is 1. The topological polar surface area (TPSA) is 54.0 Å². The van der Waals surface area contributed by atoms with E-state index in [0.717, 1.165) is 23.4 Å². The predicted molar refractivity (Wildman–Crippen MR) is 88.3 cm³/mol. The van der Waals surface area contributed by atoms with Crippen molar-refractivity contribution in [3.05, 3.63) is 40.5 Å². The van der Waals surface area contributed by atoms with Gasteiger partial charge in [0.25, 0.3) is 5.91 Å². The zero-order chi connectivity index (χ0) is 15.1. The second-order valence-corrected chi connectivity index (χ2v) is 7.36. The maximum absolute atomic E-state index is 12.4. The van der Waals surface area contributed by atoms with Gasteiger partial charge in [-0.2, -0.15) is 0 Å². The van der Waals surface area contributed by atoms with Gasteiger partial charge < -0.3 is 10.6 Å². The highest BCUT2D eigenvalue weighted by molar-refractivity contribution is 7.17. The van der Waals surface area contributed by atoms with E-state index in [4.69, 9.17) is 11.6 Å². The van der Waals surface area contributed by atoms with Crippen molar-refractivity contribution in [2.24, 2.45) is 5.92 Å². The Morgan fingerprint density at radius 3 is 2.95 bits per heavy atom. The van der Waals surface area contributed by atoms with Gasteiger partial charge in [-0.1, -0.05) is 29.8 Å². The molecular formula is C16H16ClN3OS. The molecule has 22 heavy (non-hydrogen) atoms. The number of carbonyl (C=O) groups is 1. The van der Waals surface area contributed by atoms with Gasteiger partial charge in [0.05, 0.1) is 4.88 Å². The molecule has 0 spiro atoms. The number of benzene rings is 1. The Hall–Kier alpha value is -1.43. The smallest absolute Gasteiger partial charge is 0.280 e. The molecule has 114 valence electrons. The van der Waals surface area contributed by atoms with Crippen LogP contribution in [-0.2, 0) is 0 Å². The van der Waals surface area contributed by atoms with E-state index in [1.54, 1.807) is 6.20 Å². The zero-order valence-corrected chi connectivity index (χ0v) is 13.5. The molecule has 1 aliphatic carbocycles. The third-order valence-electron chi connectivity index (χ3n) is 4.52. The van der Waals surface area contributed by atoms with Crippen LogP contribution in [0.2, 0.25) is 5.02 Å². The molecule has 1 aromatic carbocycles. The van der Waals surface area contributed by atoms with Crippen LogP contribution >= 0.6 is 22.9 Å². The number of hydrogen-bond acceptors (Lipinski definition) is 4. The van der Waals surface area contributed by atoms with Gasteiger partial charge in [0.2, 0.25) is 0 Å². The first-order valence-electron chi connectivity index (χ1n) is 7.45. The van der Waals surface area contributed by atoms with Gasteiger partial charge >= 0.3 is 0 Å². The molecule has 3 unspecified atom stereocenters. The van der Waals surface area contributed by atoms with Crippen LogP contribution in [0.15, 0.2) is 30.5 Å². The molecule has 1 aliphatic heterocycles. The molecule has 1 saturated carbocycles. The zero-order valence-electron chi connectivity index (χ0n) is 11.9. The summed E-state index contributed by atoms with van der Waals surface area (Å²) in [6.45, 7) is 1.01. The second-order valence-electron chi connectivity index (χ2n) is 5.93. The average molecular weight is 334 g/mol. The molecule has 2 heterocycles. The highest BCUT2D eigenvalue weighted by atomic mass is 35.5. The summed E-state index contributed by atoms with van der Waals surface area (Å²) in [4.78, 5) is 17.6. The minimum Gasteiger partial charge on any atom is -0.347 e. The standard InChI is InChI=1S/C16H16ClN3OS/c17-12-4-2-1-3-11(12)14-8-19-16(22-14)15(21)20-13-6-10-5-9(13)7-18-10/h1-4,8-10,13,18H,5-7H2,(H,20,21). The van der Waals surface area contributed by atoms with Gasteiger partial charge in [0, 0.05) is 35.4 Å². The van der Waals surface area contributed by atoms with Crippen LogP contribution in [0.3, 0.4) is 0 Å². The minimum atomic E-state index is -0.0687. The molecule has 6 heteroatoms. The molecule has 2 bridgehead atoms. The number of amides is 1. The van der Waals surface area contributed by atoms with Crippen LogP contribution in [0.5, 0.6) is 0 Å². The van der Waals surface area contributed by atoms with Crippen molar-refractivity contribution >= 4 is 28.8 Å². The molecule has 4 rings (SSSR count). The largest absolute Gasteiger partial charge is 0.347 e. The van der Waals surface area contributed by atoms with Crippen LogP contribution in [0, 0.1) is 5.92 Å². The van der Waals surface area contributed by atoms with E-state index >= 15 is 0 Å². The number of nitrogens with one attached hydrogen (secondary N) is 2. The average Bonchev–Trinajstić information content (AvgIpc) is 3.24.